The minimum atomic E-state index is -0.770. The number of benzene rings is 1. The monoisotopic (exact) mass is 317 g/mol. The van der Waals surface area contributed by atoms with Crippen LogP contribution in [0.1, 0.15) is 47.9 Å². The minimum absolute atomic E-state index is 0.0124. The first-order chi connectivity index (χ1) is 10.9. The van der Waals surface area contributed by atoms with E-state index >= 15 is 0 Å². The summed E-state index contributed by atoms with van der Waals surface area (Å²) in [5.74, 6) is -1.27. The summed E-state index contributed by atoms with van der Waals surface area (Å²) in [6.07, 6.45) is 3.62. The Bertz CT molecular complexity index is 571. The van der Waals surface area contributed by atoms with Gasteiger partial charge in [0.05, 0.1) is 5.92 Å². The summed E-state index contributed by atoms with van der Waals surface area (Å²) in [6, 6.07) is 4.34. The molecule has 0 aliphatic heterocycles. The maximum atomic E-state index is 12.3. The van der Waals surface area contributed by atoms with Crippen LogP contribution in [0.15, 0.2) is 12.1 Å². The molecule has 4 nitrogen and oxygen atoms in total. The van der Waals surface area contributed by atoms with Gasteiger partial charge in [-0.25, -0.2) is 0 Å². The van der Waals surface area contributed by atoms with Gasteiger partial charge in [0.15, 0.2) is 0 Å². The first-order valence-electron chi connectivity index (χ1n) is 8.45. The topological polar surface area (TPSA) is 66.4 Å². The molecule has 126 valence electrons. The number of carboxylic acid groups (broad SMARTS) is 1. The molecule has 1 aliphatic rings. The predicted octanol–water partition coefficient (Wildman–Crippen LogP) is 3.16. The molecule has 0 saturated heterocycles. The van der Waals surface area contributed by atoms with Gasteiger partial charge in [-0.2, -0.15) is 0 Å². The van der Waals surface area contributed by atoms with E-state index < -0.39 is 5.97 Å². The van der Waals surface area contributed by atoms with Gasteiger partial charge in [0, 0.05) is 12.5 Å². The highest BCUT2D eigenvalue weighted by Crippen LogP contribution is 2.29. The molecule has 4 heteroatoms. The number of aliphatic carboxylic acids is 1. The van der Waals surface area contributed by atoms with E-state index in [-0.39, 0.29) is 17.7 Å². The largest absolute Gasteiger partial charge is 0.481 e. The van der Waals surface area contributed by atoms with E-state index in [1.807, 2.05) is 0 Å². The number of rotatable bonds is 5. The number of amides is 1. The normalized spacial score (nSPS) is 21.0. The zero-order valence-electron chi connectivity index (χ0n) is 14.3. The Kier molecular flexibility index (Phi) is 5.80. The van der Waals surface area contributed by atoms with Crippen molar-refractivity contribution in [3.05, 3.63) is 34.4 Å². The van der Waals surface area contributed by atoms with Crippen molar-refractivity contribution in [3.63, 3.8) is 0 Å². The summed E-state index contributed by atoms with van der Waals surface area (Å²) in [6.45, 7) is 6.91. The van der Waals surface area contributed by atoms with Crippen LogP contribution in [0.3, 0.4) is 0 Å². The molecule has 1 fully saturated rings. The molecule has 0 heterocycles. The number of aryl methyl sites for hydroxylation is 3. The average molecular weight is 317 g/mol. The zero-order chi connectivity index (χ0) is 17.0. The molecular formula is C19H27NO3. The van der Waals surface area contributed by atoms with Gasteiger partial charge in [-0.1, -0.05) is 24.1 Å². The second-order valence-electron chi connectivity index (χ2n) is 6.82. The van der Waals surface area contributed by atoms with E-state index in [2.05, 4.69) is 38.2 Å². The lowest BCUT2D eigenvalue weighted by Crippen LogP contribution is -2.36. The first kappa shape index (κ1) is 17.5. The Morgan fingerprint density at radius 3 is 2.35 bits per heavy atom. The van der Waals surface area contributed by atoms with Crippen LogP contribution < -0.4 is 5.32 Å². The van der Waals surface area contributed by atoms with Crippen LogP contribution in [-0.4, -0.2) is 23.5 Å². The highest BCUT2D eigenvalue weighted by molar-refractivity contribution is 5.80. The van der Waals surface area contributed by atoms with Gasteiger partial charge in [-0.15, -0.1) is 0 Å². The summed E-state index contributed by atoms with van der Waals surface area (Å²) in [5, 5.41) is 12.1. The van der Waals surface area contributed by atoms with Crippen LogP contribution in [0.5, 0.6) is 0 Å². The van der Waals surface area contributed by atoms with Crippen LogP contribution >= 0.6 is 0 Å². The van der Waals surface area contributed by atoms with Crippen LogP contribution in [0, 0.1) is 32.6 Å². The van der Waals surface area contributed by atoms with Gasteiger partial charge < -0.3 is 10.4 Å². The lowest BCUT2D eigenvalue weighted by Gasteiger charge is -2.25. The fraction of sp³-hybridized carbons (Fsp3) is 0.579. The molecule has 1 aromatic rings. The zero-order valence-corrected chi connectivity index (χ0v) is 14.3. The fourth-order valence-electron chi connectivity index (χ4n) is 3.71. The summed E-state index contributed by atoms with van der Waals surface area (Å²) in [4.78, 5) is 23.4. The van der Waals surface area contributed by atoms with E-state index in [9.17, 15) is 9.59 Å². The van der Waals surface area contributed by atoms with Crippen molar-refractivity contribution >= 4 is 11.9 Å². The number of carbonyl (C=O) groups excluding carboxylic acids is 1. The van der Waals surface area contributed by atoms with Gasteiger partial charge in [-0.3, -0.25) is 9.59 Å². The molecule has 0 bridgehead atoms. The Hall–Kier alpha value is -1.84. The third-order valence-corrected chi connectivity index (χ3v) is 4.91. The number of hydrogen-bond acceptors (Lipinski definition) is 2. The van der Waals surface area contributed by atoms with E-state index in [1.54, 1.807) is 0 Å². The molecule has 23 heavy (non-hydrogen) atoms. The van der Waals surface area contributed by atoms with Crippen molar-refractivity contribution in [3.8, 4) is 0 Å². The lowest BCUT2D eigenvalue weighted by molar-refractivity contribution is -0.144. The smallest absolute Gasteiger partial charge is 0.306 e. The molecule has 1 aromatic carbocycles. The van der Waals surface area contributed by atoms with Crippen molar-refractivity contribution in [2.75, 3.05) is 6.54 Å². The van der Waals surface area contributed by atoms with Gasteiger partial charge in [0.25, 0.3) is 0 Å². The number of hydrogen-bond donors (Lipinski definition) is 2. The summed E-state index contributed by atoms with van der Waals surface area (Å²) >= 11 is 0. The van der Waals surface area contributed by atoms with Gasteiger partial charge in [0.1, 0.15) is 0 Å². The molecule has 0 radical (unpaired) electrons. The van der Waals surface area contributed by atoms with Gasteiger partial charge in [0.2, 0.25) is 5.91 Å². The highest BCUT2D eigenvalue weighted by atomic mass is 16.4. The fourth-order valence-corrected chi connectivity index (χ4v) is 3.71. The molecule has 2 unspecified atom stereocenters. The van der Waals surface area contributed by atoms with E-state index in [0.29, 0.717) is 19.4 Å². The molecular weight excluding hydrogens is 290 g/mol. The lowest BCUT2D eigenvalue weighted by atomic mass is 9.81. The average Bonchev–Trinajstić information content (AvgIpc) is 2.49. The van der Waals surface area contributed by atoms with Crippen LogP contribution in [0.4, 0.5) is 0 Å². The third-order valence-electron chi connectivity index (χ3n) is 4.91. The van der Waals surface area contributed by atoms with Crippen molar-refractivity contribution in [1.29, 1.82) is 0 Å². The number of carboxylic acids is 1. The highest BCUT2D eigenvalue weighted by Gasteiger charge is 2.30. The quantitative estimate of drug-likeness (QED) is 0.876. The Balaban J connectivity index is 1.87. The molecule has 1 aliphatic carbocycles. The maximum absolute atomic E-state index is 12.3. The molecule has 0 spiro atoms. The molecule has 2 N–H and O–H groups in total. The molecule has 2 atom stereocenters. The second-order valence-corrected chi connectivity index (χ2v) is 6.82. The Morgan fingerprint density at radius 2 is 1.74 bits per heavy atom. The Labute approximate surface area is 138 Å². The summed E-state index contributed by atoms with van der Waals surface area (Å²) in [5.41, 5.74) is 5.08. The summed E-state index contributed by atoms with van der Waals surface area (Å²) < 4.78 is 0. The molecule has 1 saturated carbocycles. The van der Waals surface area contributed by atoms with E-state index in [4.69, 9.17) is 5.11 Å². The van der Waals surface area contributed by atoms with E-state index in [1.165, 1.54) is 22.3 Å². The SMILES string of the molecule is Cc1cc(C)c(CCNC(=O)C2CCCC(C(=O)O)C2)c(C)c1. The molecule has 0 aromatic heterocycles. The number of nitrogens with one attached hydrogen (secondary N) is 1. The van der Waals surface area contributed by atoms with Crippen LogP contribution in [-0.2, 0) is 16.0 Å². The van der Waals surface area contributed by atoms with Gasteiger partial charge >= 0.3 is 5.97 Å². The van der Waals surface area contributed by atoms with Crippen molar-refractivity contribution in [2.24, 2.45) is 11.8 Å². The third kappa shape index (κ3) is 4.57. The first-order valence-corrected chi connectivity index (χ1v) is 8.45. The van der Waals surface area contributed by atoms with E-state index in [0.717, 1.165) is 19.3 Å². The van der Waals surface area contributed by atoms with Crippen molar-refractivity contribution in [1.82, 2.24) is 5.32 Å². The van der Waals surface area contributed by atoms with Crippen LogP contribution in [0.25, 0.3) is 0 Å². The molecule has 2 rings (SSSR count). The summed E-state index contributed by atoms with van der Waals surface area (Å²) in [7, 11) is 0. The predicted molar refractivity (Wildman–Crippen MR) is 90.5 cm³/mol. The number of carbonyl (C=O) groups is 2. The minimum Gasteiger partial charge on any atom is -0.481 e. The van der Waals surface area contributed by atoms with Crippen LogP contribution in [0.2, 0.25) is 0 Å². The van der Waals surface area contributed by atoms with Gasteiger partial charge in [-0.05, 0) is 63.1 Å². The van der Waals surface area contributed by atoms with Crippen molar-refractivity contribution < 1.29 is 14.7 Å². The Morgan fingerprint density at radius 1 is 1.13 bits per heavy atom. The standard InChI is InChI=1S/C19H27NO3/c1-12-9-13(2)17(14(3)10-12)7-8-20-18(21)15-5-4-6-16(11-15)19(22)23/h9-10,15-16H,4-8,11H2,1-3H3,(H,20,21)(H,22,23). The second kappa shape index (κ2) is 7.62. The van der Waals surface area contributed by atoms with Crippen molar-refractivity contribution in [2.45, 2.75) is 52.9 Å². The molecule has 1 amide bonds. The maximum Gasteiger partial charge on any atom is 0.306 e.